The van der Waals surface area contributed by atoms with Crippen LogP contribution in [0.2, 0.25) is 0 Å². The van der Waals surface area contributed by atoms with Crippen LogP contribution in [0.3, 0.4) is 0 Å². The van der Waals surface area contributed by atoms with E-state index in [0.717, 1.165) is 6.54 Å². The summed E-state index contributed by atoms with van der Waals surface area (Å²) >= 11 is 0. The Balaban J connectivity index is 4.00. The molecule has 68 valence electrons. The topological polar surface area (TPSA) is 32.3 Å². The molecule has 0 aromatic carbocycles. The predicted octanol–water partition coefficient (Wildman–Crippen LogP) is 1.60. The van der Waals surface area contributed by atoms with Crippen molar-refractivity contribution in [1.29, 1.82) is 0 Å². The summed E-state index contributed by atoms with van der Waals surface area (Å²) in [6.45, 7) is 12.0. The molecule has 2 N–H and O–H groups in total. The van der Waals surface area contributed by atoms with Crippen molar-refractivity contribution < 1.29 is 5.11 Å². The van der Waals surface area contributed by atoms with E-state index < -0.39 is 0 Å². The van der Waals surface area contributed by atoms with Gasteiger partial charge in [-0.2, -0.15) is 0 Å². The summed E-state index contributed by atoms with van der Waals surface area (Å²) < 4.78 is 0. The summed E-state index contributed by atoms with van der Waals surface area (Å²) in [6, 6.07) is 0. The monoisotopic (exact) mass is 159 g/mol. The second kappa shape index (κ2) is 3.55. The van der Waals surface area contributed by atoms with Gasteiger partial charge in [-0.15, -0.1) is 0 Å². The molecular formula is C9H21NO. The first-order valence-corrected chi connectivity index (χ1v) is 4.13. The van der Waals surface area contributed by atoms with Crippen LogP contribution in [-0.4, -0.2) is 18.4 Å². The zero-order valence-corrected chi connectivity index (χ0v) is 8.36. The van der Waals surface area contributed by atoms with Crippen molar-refractivity contribution in [3.05, 3.63) is 0 Å². The first-order chi connectivity index (χ1) is 4.81. The third-order valence-electron chi connectivity index (χ3n) is 2.71. The van der Waals surface area contributed by atoms with Gasteiger partial charge in [-0.3, -0.25) is 5.32 Å². The largest absolute Gasteiger partial charge is 0.381 e. The lowest BCUT2D eigenvalue weighted by Gasteiger charge is -2.38. The van der Waals surface area contributed by atoms with Crippen LogP contribution in [0.1, 0.15) is 34.6 Å². The molecule has 0 fully saturated rings. The molecule has 0 aromatic heterocycles. The summed E-state index contributed by atoms with van der Waals surface area (Å²) in [4.78, 5) is 0. The molecule has 2 nitrogen and oxygen atoms in total. The number of hydrogen-bond acceptors (Lipinski definition) is 2. The summed E-state index contributed by atoms with van der Waals surface area (Å²) in [5, 5.41) is 11.5. The van der Waals surface area contributed by atoms with Crippen LogP contribution in [0, 0.1) is 10.8 Å². The summed E-state index contributed by atoms with van der Waals surface area (Å²) in [6.07, 6.45) is 0. The van der Waals surface area contributed by atoms with Gasteiger partial charge in [0, 0.05) is 6.54 Å². The SMILES string of the molecule is CC(C)(C)C(C)(C)CNCO. The zero-order chi connectivity index (χ0) is 9.12. The van der Waals surface area contributed by atoms with Gasteiger partial charge in [-0.1, -0.05) is 34.6 Å². The molecule has 0 radical (unpaired) electrons. The van der Waals surface area contributed by atoms with Crippen LogP contribution in [0.5, 0.6) is 0 Å². The molecule has 0 unspecified atom stereocenters. The van der Waals surface area contributed by atoms with Gasteiger partial charge in [0.15, 0.2) is 0 Å². The molecule has 0 saturated heterocycles. The summed E-state index contributed by atoms with van der Waals surface area (Å²) in [7, 11) is 0. The minimum absolute atomic E-state index is 0.0690. The average Bonchev–Trinajstić information content (AvgIpc) is 1.81. The Bertz CT molecular complexity index is 113. The molecule has 0 aliphatic rings. The molecular weight excluding hydrogens is 138 g/mol. The number of aliphatic hydroxyl groups excluding tert-OH is 1. The lowest BCUT2D eigenvalue weighted by atomic mass is 9.69. The molecule has 0 aliphatic carbocycles. The maximum Gasteiger partial charge on any atom is 0.0931 e. The van der Waals surface area contributed by atoms with Crippen molar-refractivity contribution in [2.24, 2.45) is 10.8 Å². The van der Waals surface area contributed by atoms with Gasteiger partial charge in [0.1, 0.15) is 0 Å². The predicted molar refractivity (Wildman–Crippen MR) is 48.3 cm³/mol. The average molecular weight is 159 g/mol. The lowest BCUT2D eigenvalue weighted by molar-refractivity contribution is 0.114. The minimum Gasteiger partial charge on any atom is -0.381 e. The van der Waals surface area contributed by atoms with Crippen molar-refractivity contribution in [1.82, 2.24) is 5.32 Å². The van der Waals surface area contributed by atoms with Gasteiger partial charge in [0.25, 0.3) is 0 Å². The Hall–Kier alpha value is -0.0800. The Morgan fingerprint density at radius 3 is 1.82 bits per heavy atom. The highest BCUT2D eigenvalue weighted by Crippen LogP contribution is 2.36. The maximum absolute atomic E-state index is 8.58. The maximum atomic E-state index is 8.58. The highest BCUT2D eigenvalue weighted by atomic mass is 16.3. The standard InChI is InChI=1S/C9H21NO/c1-8(2,3)9(4,5)6-10-7-11/h10-11H,6-7H2,1-5H3. The fourth-order valence-corrected chi connectivity index (χ4v) is 0.634. The third kappa shape index (κ3) is 3.21. The van der Waals surface area contributed by atoms with Crippen molar-refractivity contribution in [2.75, 3.05) is 13.3 Å². The van der Waals surface area contributed by atoms with Gasteiger partial charge >= 0.3 is 0 Å². The van der Waals surface area contributed by atoms with E-state index in [0.29, 0.717) is 0 Å². The van der Waals surface area contributed by atoms with Crippen LogP contribution < -0.4 is 5.32 Å². The molecule has 0 bridgehead atoms. The number of rotatable bonds is 3. The Kier molecular flexibility index (Phi) is 3.52. The van der Waals surface area contributed by atoms with E-state index in [4.69, 9.17) is 5.11 Å². The fourth-order valence-electron chi connectivity index (χ4n) is 0.634. The molecule has 0 spiro atoms. The Morgan fingerprint density at radius 1 is 1.09 bits per heavy atom. The van der Waals surface area contributed by atoms with Gasteiger partial charge in [-0.05, 0) is 10.8 Å². The minimum atomic E-state index is 0.0690. The highest BCUT2D eigenvalue weighted by molar-refractivity contribution is 4.83. The van der Waals surface area contributed by atoms with E-state index in [1.165, 1.54) is 0 Å². The van der Waals surface area contributed by atoms with Crippen molar-refractivity contribution in [2.45, 2.75) is 34.6 Å². The Labute approximate surface area is 70.0 Å². The molecule has 0 atom stereocenters. The van der Waals surface area contributed by atoms with Gasteiger partial charge in [0.2, 0.25) is 0 Å². The van der Waals surface area contributed by atoms with E-state index in [1.807, 2.05) is 0 Å². The highest BCUT2D eigenvalue weighted by Gasteiger charge is 2.31. The molecule has 11 heavy (non-hydrogen) atoms. The number of nitrogens with one attached hydrogen (secondary N) is 1. The van der Waals surface area contributed by atoms with Gasteiger partial charge < -0.3 is 5.11 Å². The van der Waals surface area contributed by atoms with Crippen molar-refractivity contribution >= 4 is 0 Å². The quantitative estimate of drug-likeness (QED) is 0.613. The van der Waals surface area contributed by atoms with E-state index in [-0.39, 0.29) is 17.6 Å². The molecule has 0 saturated carbocycles. The molecule has 0 aromatic rings. The van der Waals surface area contributed by atoms with Crippen molar-refractivity contribution in [3.63, 3.8) is 0 Å². The summed E-state index contributed by atoms with van der Waals surface area (Å²) in [5.74, 6) is 0. The number of hydrogen-bond donors (Lipinski definition) is 2. The van der Waals surface area contributed by atoms with Crippen LogP contribution in [0.25, 0.3) is 0 Å². The molecule has 0 aliphatic heterocycles. The second-order valence-electron chi connectivity index (χ2n) is 4.72. The van der Waals surface area contributed by atoms with E-state index in [2.05, 4.69) is 39.9 Å². The van der Waals surface area contributed by atoms with Crippen LogP contribution in [-0.2, 0) is 0 Å². The van der Waals surface area contributed by atoms with Crippen LogP contribution >= 0.6 is 0 Å². The third-order valence-corrected chi connectivity index (χ3v) is 2.71. The number of aliphatic hydroxyl groups is 1. The smallest absolute Gasteiger partial charge is 0.0931 e. The van der Waals surface area contributed by atoms with E-state index in [1.54, 1.807) is 0 Å². The molecule has 0 rings (SSSR count). The molecule has 0 amide bonds. The first kappa shape index (κ1) is 10.9. The molecule has 2 heteroatoms. The van der Waals surface area contributed by atoms with Crippen LogP contribution in [0.4, 0.5) is 0 Å². The van der Waals surface area contributed by atoms with Gasteiger partial charge in [-0.25, -0.2) is 0 Å². The zero-order valence-electron chi connectivity index (χ0n) is 8.36. The normalized spacial score (nSPS) is 13.6. The van der Waals surface area contributed by atoms with Crippen LogP contribution in [0.15, 0.2) is 0 Å². The first-order valence-electron chi connectivity index (χ1n) is 4.13. The fraction of sp³-hybridized carbons (Fsp3) is 1.00. The van der Waals surface area contributed by atoms with Crippen molar-refractivity contribution in [3.8, 4) is 0 Å². The van der Waals surface area contributed by atoms with E-state index in [9.17, 15) is 0 Å². The van der Waals surface area contributed by atoms with E-state index >= 15 is 0 Å². The molecule has 0 heterocycles. The second-order valence-corrected chi connectivity index (χ2v) is 4.72. The summed E-state index contributed by atoms with van der Waals surface area (Å²) in [5.41, 5.74) is 0.491. The lowest BCUT2D eigenvalue weighted by Crippen LogP contribution is -2.39. The van der Waals surface area contributed by atoms with Gasteiger partial charge in [0.05, 0.1) is 6.73 Å². The Morgan fingerprint density at radius 2 is 1.55 bits per heavy atom.